The second-order valence-corrected chi connectivity index (χ2v) is 4.61. The molecule has 0 saturated carbocycles. The zero-order valence-corrected chi connectivity index (χ0v) is 10.5. The molecule has 3 N–H and O–H groups in total. The number of anilines is 1. The maximum atomic E-state index is 13.7. The van der Waals surface area contributed by atoms with Crippen molar-refractivity contribution < 1.29 is 13.5 Å². The van der Waals surface area contributed by atoms with E-state index in [1.165, 1.54) is 12.1 Å². The molecule has 1 aromatic carbocycles. The highest BCUT2D eigenvalue weighted by atomic mass is 32.1. The number of nitrogens with one attached hydrogen (secondary N) is 1. The maximum Gasteiger partial charge on any atom is 0.182 e. The van der Waals surface area contributed by atoms with Crippen LogP contribution in [0, 0.1) is 11.6 Å². The zero-order chi connectivity index (χ0) is 13.1. The molecule has 18 heavy (non-hydrogen) atoms. The van der Waals surface area contributed by atoms with Gasteiger partial charge in [0.1, 0.15) is 4.99 Å². The summed E-state index contributed by atoms with van der Waals surface area (Å²) in [7, 11) is 0. The number of halogens is 2. The molecule has 1 aromatic rings. The summed E-state index contributed by atoms with van der Waals surface area (Å²) in [5.74, 6) is -1.97. The molecule has 6 heteroatoms. The van der Waals surface area contributed by atoms with Crippen molar-refractivity contribution >= 4 is 22.9 Å². The van der Waals surface area contributed by atoms with E-state index in [4.69, 9.17) is 10.5 Å². The standard InChI is InChI=1S/C12H14F2N2OS/c13-10-8(12(15)18)3-4-9(11(10)14)16-6-7-2-1-5-17-7/h3-4,7,16H,1-2,5-6H2,(H2,15,18). The van der Waals surface area contributed by atoms with Crippen LogP contribution in [0.25, 0.3) is 0 Å². The molecule has 0 aliphatic carbocycles. The minimum Gasteiger partial charge on any atom is -0.389 e. The first-order valence-corrected chi connectivity index (χ1v) is 6.13. The van der Waals surface area contributed by atoms with Crippen LogP contribution in [-0.4, -0.2) is 24.2 Å². The molecule has 1 fully saturated rings. The van der Waals surface area contributed by atoms with E-state index in [2.05, 4.69) is 17.5 Å². The third-order valence-electron chi connectivity index (χ3n) is 2.89. The molecule has 3 nitrogen and oxygen atoms in total. The van der Waals surface area contributed by atoms with E-state index in [0.29, 0.717) is 6.54 Å². The van der Waals surface area contributed by atoms with Crippen molar-refractivity contribution in [1.29, 1.82) is 0 Å². The van der Waals surface area contributed by atoms with Crippen LogP contribution >= 0.6 is 12.2 Å². The number of thiocarbonyl (C=S) groups is 1. The highest BCUT2D eigenvalue weighted by molar-refractivity contribution is 7.80. The first-order chi connectivity index (χ1) is 8.59. The first-order valence-electron chi connectivity index (χ1n) is 5.73. The number of nitrogens with two attached hydrogens (primary N) is 1. The fourth-order valence-corrected chi connectivity index (χ4v) is 2.06. The molecule has 1 heterocycles. The predicted molar refractivity (Wildman–Crippen MR) is 69.7 cm³/mol. The Balaban J connectivity index is 2.09. The van der Waals surface area contributed by atoms with E-state index in [9.17, 15) is 8.78 Å². The van der Waals surface area contributed by atoms with Crippen molar-refractivity contribution in [2.45, 2.75) is 18.9 Å². The second-order valence-electron chi connectivity index (χ2n) is 4.17. The Morgan fingerprint density at radius 2 is 2.22 bits per heavy atom. The fourth-order valence-electron chi connectivity index (χ4n) is 1.91. The Kier molecular flexibility index (Phi) is 4.08. The third-order valence-corrected chi connectivity index (χ3v) is 3.11. The minimum absolute atomic E-state index is 0.0581. The lowest BCUT2D eigenvalue weighted by Crippen LogP contribution is -2.20. The van der Waals surface area contributed by atoms with Gasteiger partial charge in [-0.1, -0.05) is 12.2 Å². The average molecular weight is 272 g/mol. The SMILES string of the molecule is NC(=S)c1ccc(NCC2CCCO2)c(F)c1F. The lowest BCUT2D eigenvalue weighted by Gasteiger charge is -2.13. The molecule has 0 amide bonds. The molecule has 1 saturated heterocycles. The topological polar surface area (TPSA) is 47.3 Å². The van der Waals surface area contributed by atoms with Crippen LogP contribution in [0.1, 0.15) is 18.4 Å². The maximum absolute atomic E-state index is 13.7. The van der Waals surface area contributed by atoms with Crippen LogP contribution < -0.4 is 11.1 Å². The predicted octanol–water partition coefficient (Wildman–Crippen LogP) is 2.19. The summed E-state index contributed by atoms with van der Waals surface area (Å²) >= 11 is 4.64. The van der Waals surface area contributed by atoms with E-state index in [0.717, 1.165) is 19.4 Å². The summed E-state index contributed by atoms with van der Waals surface area (Å²) in [4.78, 5) is -0.155. The van der Waals surface area contributed by atoms with Crippen molar-refractivity contribution in [2.75, 3.05) is 18.5 Å². The quantitative estimate of drug-likeness (QED) is 0.825. The normalized spacial score (nSPS) is 18.9. The molecule has 1 aliphatic rings. The van der Waals surface area contributed by atoms with Gasteiger partial charge in [-0.2, -0.15) is 0 Å². The second kappa shape index (κ2) is 5.58. The molecule has 0 spiro atoms. The van der Waals surface area contributed by atoms with Crippen LogP contribution in [0.15, 0.2) is 12.1 Å². The molecule has 0 bridgehead atoms. The molecular weight excluding hydrogens is 258 g/mol. The highest BCUT2D eigenvalue weighted by Crippen LogP contribution is 2.21. The van der Waals surface area contributed by atoms with Crippen molar-refractivity contribution in [2.24, 2.45) is 5.73 Å². The van der Waals surface area contributed by atoms with Gasteiger partial charge in [-0.15, -0.1) is 0 Å². The molecular formula is C12H14F2N2OS. The van der Waals surface area contributed by atoms with Crippen molar-refractivity contribution in [1.82, 2.24) is 0 Å². The number of hydrogen-bond acceptors (Lipinski definition) is 3. The van der Waals surface area contributed by atoms with E-state index >= 15 is 0 Å². The Bertz CT molecular complexity index is 462. The van der Waals surface area contributed by atoms with Gasteiger partial charge >= 0.3 is 0 Å². The van der Waals surface area contributed by atoms with E-state index in [1.54, 1.807) is 0 Å². The summed E-state index contributed by atoms with van der Waals surface area (Å²) in [6.45, 7) is 1.19. The van der Waals surface area contributed by atoms with Crippen LogP contribution in [0.5, 0.6) is 0 Å². The van der Waals surface area contributed by atoms with Gasteiger partial charge in [0.05, 0.1) is 11.8 Å². The highest BCUT2D eigenvalue weighted by Gasteiger charge is 2.18. The van der Waals surface area contributed by atoms with Gasteiger partial charge < -0.3 is 15.8 Å². The number of hydrogen-bond donors (Lipinski definition) is 2. The Labute approximate surface area is 109 Å². The van der Waals surface area contributed by atoms with Crippen LogP contribution in [-0.2, 0) is 4.74 Å². The average Bonchev–Trinajstić information content (AvgIpc) is 2.83. The molecule has 0 radical (unpaired) electrons. The van der Waals surface area contributed by atoms with Crippen molar-refractivity contribution in [3.8, 4) is 0 Å². The smallest absolute Gasteiger partial charge is 0.182 e. The summed E-state index contributed by atoms with van der Waals surface area (Å²) in [5, 5.41) is 2.84. The summed E-state index contributed by atoms with van der Waals surface area (Å²) in [5.41, 5.74) is 5.31. The summed E-state index contributed by atoms with van der Waals surface area (Å²) in [6, 6.07) is 2.81. The number of rotatable bonds is 4. The molecule has 98 valence electrons. The van der Waals surface area contributed by atoms with Crippen molar-refractivity contribution in [3.63, 3.8) is 0 Å². The number of ether oxygens (including phenoxy) is 1. The first kappa shape index (κ1) is 13.2. The van der Waals surface area contributed by atoms with E-state index in [-0.39, 0.29) is 22.3 Å². The van der Waals surface area contributed by atoms with Gasteiger partial charge in [-0.3, -0.25) is 0 Å². The Hall–Kier alpha value is -1.27. The van der Waals surface area contributed by atoms with Gasteiger partial charge in [0, 0.05) is 18.7 Å². The van der Waals surface area contributed by atoms with Gasteiger partial charge in [0.15, 0.2) is 11.6 Å². The summed E-state index contributed by atoms with van der Waals surface area (Å²) in [6.07, 6.45) is 1.99. The number of benzene rings is 1. The van der Waals surface area contributed by atoms with Crippen LogP contribution in [0.3, 0.4) is 0 Å². The van der Waals surface area contributed by atoms with Gasteiger partial charge in [-0.25, -0.2) is 8.78 Å². The largest absolute Gasteiger partial charge is 0.389 e. The van der Waals surface area contributed by atoms with E-state index in [1.807, 2.05) is 0 Å². The third kappa shape index (κ3) is 2.76. The molecule has 1 atom stereocenters. The zero-order valence-electron chi connectivity index (χ0n) is 9.71. The molecule has 1 unspecified atom stereocenters. The monoisotopic (exact) mass is 272 g/mol. The lowest BCUT2D eigenvalue weighted by molar-refractivity contribution is 0.120. The Morgan fingerprint density at radius 1 is 1.44 bits per heavy atom. The fraction of sp³-hybridized carbons (Fsp3) is 0.417. The van der Waals surface area contributed by atoms with Gasteiger partial charge in [0.2, 0.25) is 0 Å². The van der Waals surface area contributed by atoms with Gasteiger partial charge in [-0.05, 0) is 25.0 Å². The van der Waals surface area contributed by atoms with Gasteiger partial charge in [0.25, 0.3) is 0 Å². The van der Waals surface area contributed by atoms with Crippen LogP contribution in [0.4, 0.5) is 14.5 Å². The molecule has 2 rings (SSSR count). The molecule has 0 aromatic heterocycles. The van der Waals surface area contributed by atoms with Crippen LogP contribution in [0.2, 0.25) is 0 Å². The minimum atomic E-state index is -1.01. The van der Waals surface area contributed by atoms with Crippen molar-refractivity contribution in [3.05, 3.63) is 29.3 Å². The lowest BCUT2D eigenvalue weighted by atomic mass is 10.1. The Morgan fingerprint density at radius 3 is 2.83 bits per heavy atom. The van der Waals surface area contributed by atoms with E-state index < -0.39 is 11.6 Å². The summed E-state index contributed by atoms with van der Waals surface area (Å²) < 4.78 is 32.7. The molecule has 1 aliphatic heterocycles.